The first-order valence-electron chi connectivity index (χ1n) is 10.4. The van der Waals surface area contributed by atoms with E-state index in [9.17, 15) is 4.79 Å². The average molecular weight is 390 g/mol. The van der Waals surface area contributed by atoms with Crippen molar-refractivity contribution in [3.05, 3.63) is 42.6 Å². The number of pyridine rings is 2. The molecule has 150 valence electrons. The fourth-order valence-corrected chi connectivity index (χ4v) is 4.14. The van der Waals surface area contributed by atoms with Gasteiger partial charge >= 0.3 is 0 Å². The van der Waals surface area contributed by atoms with Gasteiger partial charge in [0, 0.05) is 73.9 Å². The number of nitrogens with zero attached hydrogens (tertiary/aromatic N) is 6. The van der Waals surface area contributed by atoms with Crippen LogP contribution in [0.2, 0.25) is 0 Å². The van der Waals surface area contributed by atoms with Crippen LogP contribution >= 0.6 is 0 Å². The van der Waals surface area contributed by atoms with Crippen LogP contribution in [-0.2, 0) is 18.3 Å². The molecule has 0 aromatic carbocycles. The Labute approximate surface area is 170 Å². The Morgan fingerprint density at radius 2 is 1.86 bits per heavy atom. The van der Waals surface area contributed by atoms with Crippen molar-refractivity contribution in [2.75, 3.05) is 32.7 Å². The molecular weight excluding hydrogens is 364 g/mol. The molecular formula is C22H26N6O. The van der Waals surface area contributed by atoms with E-state index in [0.717, 1.165) is 59.9 Å². The molecule has 0 atom stereocenters. The summed E-state index contributed by atoms with van der Waals surface area (Å²) in [5.41, 5.74) is 3.69. The SMILES string of the molecule is Cn1cc(-c2cnc3cnc(CC(=O)CN4CCN(C5CC5)CC4)cc3c2)cn1. The first-order valence-corrected chi connectivity index (χ1v) is 10.4. The highest BCUT2D eigenvalue weighted by atomic mass is 16.1. The van der Waals surface area contributed by atoms with Gasteiger partial charge in [-0.2, -0.15) is 5.10 Å². The number of aromatic nitrogens is 4. The smallest absolute Gasteiger partial charge is 0.152 e. The first kappa shape index (κ1) is 18.4. The van der Waals surface area contributed by atoms with Crippen molar-refractivity contribution in [3.8, 4) is 11.1 Å². The zero-order chi connectivity index (χ0) is 19.8. The molecule has 0 spiro atoms. The molecule has 1 saturated carbocycles. The highest BCUT2D eigenvalue weighted by Crippen LogP contribution is 2.27. The van der Waals surface area contributed by atoms with Crippen molar-refractivity contribution in [1.82, 2.24) is 29.5 Å². The van der Waals surface area contributed by atoms with E-state index in [1.165, 1.54) is 12.8 Å². The quantitative estimate of drug-likeness (QED) is 0.641. The van der Waals surface area contributed by atoms with Crippen molar-refractivity contribution < 1.29 is 4.79 Å². The maximum absolute atomic E-state index is 12.6. The van der Waals surface area contributed by atoms with Gasteiger partial charge in [-0.3, -0.25) is 29.2 Å². The molecule has 0 amide bonds. The van der Waals surface area contributed by atoms with Crippen LogP contribution in [0, 0.1) is 0 Å². The lowest BCUT2D eigenvalue weighted by Crippen LogP contribution is -2.48. The number of rotatable bonds is 6. The van der Waals surface area contributed by atoms with Crippen molar-refractivity contribution >= 4 is 16.7 Å². The molecule has 1 aliphatic carbocycles. The summed E-state index contributed by atoms with van der Waals surface area (Å²) in [5.74, 6) is 0.230. The summed E-state index contributed by atoms with van der Waals surface area (Å²) < 4.78 is 1.78. The maximum Gasteiger partial charge on any atom is 0.152 e. The molecule has 29 heavy (non-hydrogen) atoms. The fourth-order valence-electron chi connectivity index (χ4n) is 4.14. The van der Waals surface area contributed by atoms with Crippen molar-refractivity contribution in [2.24, 2.45) is 7.05 Å². The van der Waals surface area contributed by atoms with Crippen LogP contribution in [0.3, 0.4) is 0 Å². The second-order valence-corrected chi connectivity index (χ2v) is 8.25. The molecule has 3 aromatic heterocycles. The molecule has 7 heteroatoms. The molecule has 0 N–H and O–H groups in total. The second-order valence-electron chi connectivity index (χ2n) is 8.25. The Morgan fingerprint density at radius 1 is 1.03 bits per heavy atom. The van der Waals surface area contributed by atoms with E-state index in [1.54, 1.807) is 10.9 Å². The number of carbonyl (C=O) groups excluding carboxylic acids is 1. The lowest BCUT2D eigenvalue weighted by Gasteiger charge is -2.34. The summed E-state index contributed by atoms with van der Waals surface area (Å²) in [6.45, 7) is 4.69. The molecule has 4 heterocycles. The van der Waals surface area contributed by atoms with Crippen molar-refractivity contribution in [1.29, 1.82) is 0 Å². The van der Waals surface area contributed by atoms with Crippen LogP contribution in [-0.4, -0.2) is 74.1 Å². The number of hydrogen-bond donors (Lipinski definition) is 0. The minimum atomic E-state index is 0.230. The molecule has 7 nitrogen and oxygen atoms in total. The summed E-state index contributed by atoms with van der Waals surface area (Å²) in [4.78, 5) is 26.4. The Bertz CT molecular complexity index is 1030. The average Bonchev–Trinajstić information content (AvgIpc) is 3.48. The van der Waals surface area contributed by atoms with Crippen LogP contribution in [0.15, 0.2) is 36.9 Å². The van der Waals surface area contributed by atoms with Crippen molar-refractivity contribution in [2.45, 2.75) is 25.3 Å². The topological polar surface area (TPSA) is 67.2 Å². The van der Waals surface area contributed by atoms with Gasteiger partial charge in [0.2, 0.25) is 0 Å². The lowest BCUT2D eigenvalue weighted by molar-refractivity contribution is -0.120. The second kappa shape index (κ2) is 7.65. The predicted octanol–water partition coefficient (Wildman–Crippen LogP) is 1.92. The van der Waals surface area contributed by atoms with Gasteiger partial charge in [0.15, 0.2) is 5.78 Å². The minimum absolute atomic E-state index is 0.230. The van der Waals surface area contributed by atoms with E-state index in [0.29, 0.717) is 13.0 Å². The largest absolute Gasteiger partial charge is 0.298 e. The molecule has 1 saturated heterocycles. The van der Waals surface area contributed by atoms with Gasteiger partial charge in [-0.15, -0.1) is 0 Å². The third kappa shape index (κ3) is 4.21. The van der Waals surface area contributed by atoms with Gasteiger partial charge in [-0.05, 0) is 25.0 Å². The fraction of sp³-hybridized carbons (Fsp3) is 0.455. The third-order valence-corrected chi connectivity index (χ3v) is 5.91. The van der Waals surface area contributed by atoms with E-state index >= 15 is 0 Å². The lowest BCUT2D eigenvalue weighted by atomic mass is 10.1. The summed E-state index contributed by atoms with van der Waals surface area (Å²) in [6, 6.07) is 4.90. The van der Waals surface area contributed by atoms with E-state index in [1.807, 2.05) is 31.7 Å². The van der Waals surface area contributed by atoms with E-state index in [2.05, 4.69) is 30.9 Å². The van der Waals surface area contributed by atoms with Crippen LogP contribution < -0.4 is 0 Å². The third-order valence-electron chi connectivity index (χ3n) is 5.91. The summed E-state index contributed by atoms with van der Waals surface area (Å²) in [5, 5.41) is 5.23. The van der Waals surface area contributed by atoms with Crippen LogP contribution in [0.5, 0.6) is 0 Å². The van der Waals surface area contributed by atoms with Crippen LogP contribution in [0.25, 0.3) is 22.0 Å². The Kier molecular flexibility index (Phi) is 4.85. The van der Waals surface area contributed by atoms with Crippen LogP contribution in [0.4, 0.5) is 0 Å². The summed E-state index contributed by atoms with van der Waals surface area (Å²) in [6.07, 6.45) is 10.5. The Hall–Kier alpha value is -2.64. The standard InChI is InChI=1S/C22H26N6O/c1-26-14-18(12-25-26)17-8-16-9-19(23-13-22(16)24-11-17)10-21(29)15-27-4-6-28(7-5-27)20-2-3-20/h8-9,11-14,20H,2-7,10,15H2,1H3. The first-order chi connectivity index (χ1) is 14.1. The molecule has 1 aliphatic heterocycles. The van der Waals surface area contributed by atoms with E-state index in [4.69, 9.17) is 0 Å². The number of carbonyl (C=O) groups is 1. The number of ketones is 1. The van der Waals surface area contributed by atoms with Gasteiger partial charge in [0.1, 0.15) is 0 Å². The summed E-state index contributed by atoms with van der Waals surface area (Å²) in [7, 11) is 1.90. The van der Waals surface area contributed by atoms with Gasteiger partial charge in [0.25, 0.3) is 0 Å². The van der Waals surface area contributed by atoms with Gasteiger partial charge in [0.05, 0.1) is 30.9 Å². The Balaban J connectivity index is 1.24. The zero-order valence-electron chi connectivity index (χ0n) is 16.8. The van der Waals surface area contributed by atoms with E-state index < -0.39 is 0 Å². The number of hydrogen-bond acceptors (Lipinski definition) is 6. The monoisotopic (exact) mass is 390 g/mol. The van der Waals surface area contributed by atoms with Crippen molar-refractivity contribution in [3.63, 3.8) is 0 Å². The normalized spacial score (nSPS) is 18.4. The van der Waals surface area contributed by atoms with Gasteiger partial charge in [-0.1, -0.05) is 0 Å². The molecule has 0 bridgehead atoms. The molecule has 0 radical (unpaired) electrons. The number of fused-ring (bicyclic) bond motifs is 1. The number of aryl methyl sites for hydroxylation is 1. The van der Waals surface area contributed by atoms with E-state index in [-0.39, 0.29) is 5.78 Å². The van der Waals surface area contributed by atoms with Crippen LogP contribution in [0.1, 0.15) is 18.5 Å². The summed E-state index contributed by atoms with van der Waals surface area (Å²) >= 11 is 0. The Morgan fingerprint density at radius 3 is 2.59 bits per heavy atom. The molecule has 5 rings (SSSR count). The molecule has 2 aliphatic rings. The zero-order valence-corrected chi connectivity index (χ0v) is 16.8. The molecule has 2 fully saturated rings. The van der Waals surface area contributed by atoms with Gasteiger partial charge < -0.3 is 0 Å². The highest BCUT2D eigenvalue weighted by Gasteiger charge is 2.31. The number of Topliss-reactive ketones (excluding diaryl/α,β-unsaturated/α-hetero) is 1. The predicted molar refractivity (Wildman–Crippen MR) is 111 cm³/mol. The maximum atomic E-state index is 12.6. The molecule has 0 unspecified atom stereocenters. The highest BCUT2D eigenvalue weighted by molar-refractivity contribution is 5.86. The van der Waals surface area contributed by atoms with Gasteiger partial charge in [-0.25, -0.2) is 0 Å². The minimum Gasteiger partial charge on any atom is -0.298 e. The number of piperazine rings is 1. The molecule has 3 aromatic rings.